The van der Waals surface area contributed by atoms with Gasteiger partial charge in [-0.05, 0) is 24.3 Å². The molecule has 0 unspecified atom stereocenters. The Labute approximate surface area is 185 Å². The summed E-state index contributed by atoms with van der Waals surface area (Å²) in [5.74, 6) is 0.0112. The third-order valence-electron chi connectivity index (χ3n) is 4.91. The highest BCUT2D eigenvalue weighted by Crippen LogP contribution is 2.36. The maximum Gasteiger partial charge on any atom is 0.272 e. The van der Waals surface area contributed by atoms with Crippen molar-refractivity contribution in [3.05, 3.63) is 83.9 Å². The van der Waals surface area contributed by atoms with E-state index in [1.54, 1.807) is 18.2 Å². The normalized spacial score (nSPS) is 10.9. The number of nitrogens with one attached hydrogen (secondary N) is 1. The Morgan fingerprint density at radius 2 is 1.62 bits per heavy atom. The molecule has 0 saturated carbocycles. The third kappa shape index (κ3) is 4.22. The summed E-state index contributed by atoms with van der Waals surface area (Å²) in [7, 11) is 2.88. The highest BCUT2D eigenvalue weighted by atomic mass is 16.5. The molecule has 1 amide bonds. The SMILES string of the molecule is COc1cc(/C=N\NC(=O)c2cc(-c3ccccc3)nc3ccccc23)cc(OC)c1O. The third-order valence-corrected chi connectivity index (χ3v) is 4.91. The lowest BCUT2D eigenvalue weighted by atomic mass is 10.0. The molecule has 1 aromatic heterocycles. The summed E-state index contributed by atoms with van der Waals surface area (Å²) in [6.45, 7) is 0. The number of para-hydroxylation sites is 1. The van der Waals surface area contributed by atoms with Crippen LogP contribution >= 0.6 is 0 Å². The maximum atomic E-state index is 13.0. The number of hydrazone groups is 1. The summed E-state index contributed by atoms with van der Waals surface area (Å²) in [6.07, 6.45) is 1.45. The Morgan fingerprint density at radius 3 is 2.31 bits per heavy atom. The number of hydrogen-bond acceptors (Lipinski definition) is 6. The van der Waals surface area contributed by atoms with Crippen LogP contribution in [0.5, 0.6) is 17.2 Å². The number of carbonyl (C=O) groups excluding carboxylic acids is 1. The first-order chi connectivity index (χ1) is 15.6. The summed E-state index contributed by atoms with van der Waals surface area (Å²) < 4.78 is 10.3. The number of nitrogens with zero attached hydrogens (tertiary/aromatic N) is 2. The molecule has 0 aliphatic carbocycles. The molecule has 0 saturated heterocycles. The Balaban J connectivity index is 1.65. The van der Waals surface area contributed by atoms with Crippen LogP contribution in [0, 0.1) is 0 Å². The van der Waals surface area contributed by atoms with Gasteiger partial charge in [0.2, 0.25) is 5.75 Å². The molecular formula is C25H21N3O4. The minimum Gasteiger partial charge on any atom is -0.502 e. The lowest BCUT2D eigenvalue weighted by Crippen LogP contribution is -2.18. The average Bonchev–Trinajstić information content (AvgIpc) is 2.84. The van der Waals surface area contributed by atoms with E-state index in [9.17, 15) is 9.90 Å². The van der Waals surface area contributed by atoms with E-state index in [2.05, 4.69) is 10.5 Å². The summed E-state index contributed by atoms with van der Waals surface area (Å²) in [4.78, 5) is 17.7. The fourth-order valence-corrected chi connectivity index (χ4v) is 3.33. The van der Waals surface area contributed by atoms with E-state index in [4.69, 9.17) is 14.5 Å². The highest BCUT2D eigenvalue weighted by Gasteiger charge is 2.14. The highest BCUT2D eigenvalue weighted by molar-refractivity contribution is 6.07. The van der Waals surface area contributed by atoms with E-state index >= 15 is 0 Å². The van der Waals surface area contributed by atoms with Gasteiger partial charge in [-0.25, -0.2) is 10.4 Å². The smallest absolute Gasteiger partial charge is 0.272 e. The van der Waals surface area contributed by atoms with Gasteiger partial charge in [0.05, 0.1) is 37.2 Å². The van der Waals surface area contributed by atoms with Crippen molar-refractivity contribution in [2.75, 3.05) is 14.2 Å². The van der Waals surface area contributed by atoms with E-state index in [1.165, 1.54) is 20.4 Å². The van der Waals surface area contributed by atoms with Crippen LogP contribution in [0.3, 0.4) is 0 Å². The van der Waals surface area contributed by atoms with Crippen LogP contribution in [-0.4, -0.2) is 36.4 Å². The van der Waals surface area contributed by atoms with Crippen molar-refractivity contribution in [1.82, 2.24) is 10.4 Å². The number of pyridine rings is 1. The van der Waals surface area contributed by atoms with Gasteiger partial charge in [0.1, 0.15) is 0 Å². The molecule has 0 atom stereocenters. The van der Waals surface area contributed by atoms with Crippen LogP contribution in [0.2, 0.25) is 0 Å². The molecular weight excluding hydrogens is 406 g/mol. The molecule has 0 aliphatic heterocycles. The fraction of sp³-hybridized carbons (Fsp3) is 0.0800. The van der Waals surface area contributed by atoms with Gasteiger partial charge in [0.15, 0.2) is 11.5 Å². The number of aromatic nitrogens is 1. The Hall–Kier alpha value is -4.39. The van der Waals surface area contributed by atoms with Gasteiger partial charge in [-0.2, -0.15) is 5.10 Å². The second-order valence-electron chi connectivity index (χ2n) is 6.91. The van der Waals surface area contributed by atoms with Gasteiger partial charge >= 0.3 is 0 Å². The Bertz CT molecular complexity index is 1280. The lowest BCUT2D eigenvalue weighted by molar-refractivity contribution is 0.0956. The Kier molecular flexibility index (Phi) is 5.98. The van der Waals surface area contributed by atoms with Gasteiger partial charge < -0.3 is 14.6 Å². The van der Waals surface area contributed by atoms with Crippen molar-refractivity contribution >= 4 is 23.0 Å². The van der Waals surface area contributed by atoms with Crippen molar-refractivity contribution in [1.29, 1.82) is 0 Å². The number of rotatable bonds is 6. The number of phenols is 1. The Morgan fingerprint density at radius 1 is 0.969 bits per heavy atom. The lowest BCUT2D eigenvalue weighted by Gasteiger charge is -2.10. The predicted molar refractivity (Wildman–Crippen MR) is 123 cm³/mol. The minimum atomic E-state index is -0.366. The molecule has 0 aliphatic rings. The van der Waals surface area contributed by atoms with Crippen molar-refractivity contribution in [3.8, 4) is 28.5 Å². The standard InChI is InChI=1S/C25H21N3O4/c1-31-22-12-16(13-23(32-2)24(22)29)15-26-28-25(30)19-14-21(17-8-4-3-5-9-17)27-20-11-7-6-10-18(19)20/h3-15,29H,1-2H3,(H,28,30)/b26-15-. The second-order valence-corrected chi connectivity index (χ2v) is 6.91. The van der Waals surface area contributed by atoms with E-state index < -0.39 is 0 Å². The van der Waals surface area contributed by atoms with E-state index in [-0.39, 0.29) is 23.2 Å². The van der Waals surface area contributed by atoms with E-state index in [1.807, 2.05) is 54.6 Å². The summed E-state index contributed by atoms with van der Waals surface area (Å²) in [5, 5.41) is 14.8. The molecule has 0 fully saturated rings. The molecule has 7 heteroatoms. The summed E-state index contributed by atoms with van der Waals surface area (Å²) >= 11 is 0. The quantitative estimate of drug-likeness (QED) is 0.352. The number of benzene rings is 3. The second kappa shape index (κ2) is 9.18. The first-order valence-corrected chi connectivity index (χ1v) is 9.84. The number of methoxy groups -OCH3 is 2. The van der Waals surface area contributed by atoms with Gasteiger partial charge in [-0.1, -0.05) is 48.5 Å². The van der Waals surface area contributed by atoms with Crippen LogP contribution in [0.25, 0.3) is 22.2 Å². The van der Waals surface area contributed by atoms with Gasteiger partial charge in [-0.3, -0.25) is 4.79 Å². The van der Waals surface area contributed by atoms with Crippen molar-refractivity contribution in [2.24, 2.45) is 5.10 Å². The number of aromatic hydroxyl groups is 1. The molecule has 1 heterocycles. The first-order valence-electron chi connectivity index (χ1n) is 9.84. The minimum absolute atomic E-state index is 0.104. The summed E-state index contributed by atoms with van der Waals surface area (Å²) in [6, 6.07) is 22.1. The molecule has 160 valence electrons. The molecule has 2 N–H and O–H groups in total. The zero-order valence-corrected chi connectivity index (χ0v) is 17.6. The predicted octanol–water partition coefficient (Wildman–Crippen LogP) is 4.39. The van der Waals surface area contributed by atoms with Crippen LogP contribution in [0.4, 0.5) is 0 Å². The zero-order valence-electron chi connectivity index (χ0n) is 17.6. The van der Waals surface area contributed by atoms with Crippen LogP contribution in [0.1, 0.15) is 15.9 Å². The molecule has 3 aromatic carbocycles. The monoisotopic (exact) mass is 427 g/mol. The molecule has 7 nitrogen and oxygen atoms in total. The van der Waals surface area contributed by atoms with E-state index in [0.717, 1.165) is 16.5 Å². The molecule has 0 radical (unpaired) electrons. The van der Waals surface area contributed by atoms with Crippen molar-refractivity contribution in [2.45, 2.75) is 0 Å². The average molecular weight is 427 g/mol. The van der Waals surface area contributed by atoms with Gasteiger partial charge in [0, 0.05) is 16.5 Å². The number of amides is 1. The molecule has 0 spiro atoms. The van der Waals surface area contributed by atoms with Crippen LogP contribution in [-0.2, 0) is 0 Å². The number of phenolic OH excluding ortho intramolecular Hbond substituents is 1. The van der Waals surface area contributed by atoms with Crippen molar-refractivity contribution < 1.29 is 19.4 Å². The van der Waals surface area contributed by atoms with Crippen LogP contribution < -0.4 is 14.9 Å². The number of hydrogen-bond donors (Lipinski definition) is 2. The molecule has 0 bridgehead atoms. The van der Waals surface area contributed by atoms with E-state index in [0.29, 0.717) is 16.8 Å². The zero-order chi connectivity index (χ0) is 22.5. The van der Waals surface area contributed by atoms with Crippen molar-refractivity contribution in [3.63, 3.8) is 0 Å². The van der Waals surface area contributed by atoms with Crippen LogP contribution in [0.15, 0.2) is 77.9 Å². The largest absolute Gasteiger partial charge is 0.502 e. The topological polar surface area (TPSA) is 93.0 Å². The van der Waals surface area contributed by atoms with Gasteiger partial charge in [0.25, 0.3) is 5.91 Å². The molecule has 4 rings (SSSR count). The molecule has 32 heavy (non-hydrogen) atoms. The molecule has 4 aromatic rings. The number of fused-ring (bicyclic) bond motifs is 1. The first kappa shape index (κ1) is 20.9. The fourth-order valence-electron chi connectivity index (χ4n) is 3.33. The number of carbonyl (C=O) groups is 1. The van der Waals surface area contributed by atoms with Gasteiger partial charge in [-0.15, -0.1) is 0 Å². The maximum absolute atomic E-state index is 13.0. The number of ether oxygens (including phenoxy) is 2. The summed E-state index contributed by atoms with van der Waals surface area (Å²) in [5.41, 5.74) is 5.95.